The Morgan fingerprint density at radius 1 is 1.38 bits per heavy atom. The molecule has 8 heteroatoms. The van der Waals surface area contributed by atoms with Gasteiger partial charge in [-0.05, 0) is 24.5 Å². The zero-order valence-electron chi connectivity index (χ0n) is 11.2. The van der Waals surface area contributed by atoms with Crippen LogP contribution in [0.25, 0.3) is 10.2 Å². The SMILES string of the molecule is O=C(NC[C@@H]1CCS(=O)(=O)C1)Nc1nc2ccccc2s1. The van der Waals surface area contributed by atoms with Crippen LogP contribution in [0.1, 0.15) is 6.42 Å². The van der Waals surface area contributed by atoms with Crippen molar-refractivity contribution < 1.29 is 13.2 Å². The van der Waals surface area contributed by atoms with Gasteiger partial charge in [0.25, 0.3) is 0 Å². The smallest absolute Gasteiger partial charge is 0.321 e. The van der Waals surface area contributed by atoms with Gasteiger partial charge in [-0.1, -0.05) is 23.5 Å². The minimum Gasteiger partial charge on any atom is -0.337 e. The molecular formula is C13H15N3O3S2. The second-order valence-corrected chi connectivity index (χ2v) is 8.35. The van der Waals surface area contributed by atoms with Crippen molar-refractivity contribution >= 4 is 42.6 Å². The summed E-state index contributed by atoms with van der Waals surface area (Å²) < 4.78 is 23.7. The molecule has 1 aliphatic rings. The Labute approximate surface area is 126 Å². The van der Waals surface area contributed by atoms with Gasteiger partial charge in [0.15, 0.2) is 15.0 Å². The number of carbonyl (C=O) groups excluding carboxylic acids is 1. The minimum atomic E-state index is -2.90. The number of hydrogen-bond acceptors (Lipinski definition) is 5. The van der Waals surface area contributed by atoms with Gasteiger partial charge in [-0.15, -0.1) is 0 Å². The van der Waals surface area contributed by atoms with E-state index >= 15 is 0 Å². The van der Waals surface area contributed by atoms with Crippen LogP contribution in [-0.2, 0) is 9.84 Å². The number of nitrogens with zero attached hydrogens (tertiary/aromatic N) is 1. The van der Waals surface area contributed by atoms with Crippen molar-refractivity contribution in [1.29, 1.82) is 0 Å². The van der Waals surface area contributed by atoms with E-state index in [4.69, 9.17) is 0 Å². The van der Waals surface area contributed by atoms with Gasteiger partial charge in [0.05, 0.1) is 21.7 Å². The first-order valence-corrected chi connectivity index (χ1v) is 9.26. The Hall–Kier alpha value is -1.67. The highest BCUT2D eigenvalue weighted by Crippen LogP contribution is 2.25. The normalized spacial score (nSPS) is 20.5. The van der Waals surface area contributed by atoms with Crippen molar-refractivity contribution in [3.63, 3.8) is 0 Å². The number of carbonyl (C=O) groups is 1. The Kier molecular flexibility index (Phi) is 3.81. The van der Waals surface area contributed by atoms with Gasteiger partial charge in [-0.3, -0.25) is 5.32 Å². The largest absolute Gasteiger partial charge is 0.337 e. The Morgan fingerprint density at radius 2 is 2.19 bits per heavy atom. The van der Waals surface area contributed by atoms with E-state index in [1.165, 1.54) is 11.3 Å². The molecule has 1 atom stereocenters. The van der Waals surface area contributed by atoms with Gasteiger partial charge in [0.1, 0.15) is 0 Å². The molecule has 6 nitrogen and oxygen atoms in total. The molecule has 0 unspecified atom stereocenters. The molecule has 0 bridgehead atoms. The number of sulfone groups is 1. The third-order valence-corrected chi connectivity index (χ3v) is 6.18. The van der Waals surface area contributed by atoms with E-state index in [2.05, 4.69) is 15.6 Å². The first kappa shape index (κ1) is 14.3. The van der Waals surface area contributed by atoms with Crippen molar-refractivity contribution in [2.75, 3.05) is 23.4 Å². The van der Waals surface area contributed by atoms with E-state index in [-0.39, 0.29) is 23.5 Å². The molecule has 1 saturated heterocycles. The fourth-order valence-corrected chi connectivity index (χ4v) is 5.06. The van der Waals surface area contributed by atoms with Crippen LogP contribution in [0.2, 0.25) is 0 Å². The lowest BCUT2D eigenvalue weighted by atomic mass is 10.1. The first-order chi connectivity index (χ1) is 10.0. The number of urea groups is 1. The average molecular weight is 325 g/mol. The molecular weight excluding hydrogens is 310 g/mol. The second-order valence-electron chi connectivity index (χ2n) is 5.09. The molecule has 1 fully saturated rings. The van der Waals surface area contributed by atoms with E-state index in [0.717, 1.165) is 10.2 Å². The molecule has 2 aromatic rings. The maximum absolute atomic E-state index is 11.8. The molecule has 112 valence electrons. The molecule has 1 aromatic heterocycles. The zero-order valence-corrected chi connectivity index (χ0v) is 12.8. The van der Waals surface area contributed by atoms with Crippen LogP contribution >= 0.6 is 11.3 Å². The van der Waals surface area contributed by atoms with Gasteiger partial charge in [0.2, 0.25) is 0 Å². The highest BCUT2D eigenvalue weighted by atomic mass is 32.2. The number of aromatic nitrogens is 1. The first-order valence-electron chi connectivity index (χ1n) is 6.63. The number of hydrogen-bond donors (Lipinski definition) is 2. The van der Waals surface area contributed by atoms with Crippen molar-refractivity contribution in [2.45, 2.75) is 6.42 Å². The van der Waals surface area contributed by atoms with Crippen molar-refractivity contribution in [3.05, 3.63) is 24.3 Å². The van der Waals surface area contributed by atoms with Crippen LogP contribution in [0.15, 0.2) is 24.3 Å². The zero-order chi connectivity index (χ0) is 14.9. The molecule has 3 rings (SSSR count). The fraction of sp³-hybridized carbons (Fsp3) is 0.385. The number of para-hydroxylation sites is 1. The van der Waals surface area contributed by atoms with E-state index in [0.29, 0.717) is 18.1 Å². The molecule has 2 amide bonds. The summed E-state index contributed by atoms with van der Waals surface area (Å²) >= 11 is 1.40. The molecule has 2 N–H and O–H groups in total. The summed E-state index contributed by atoms with van der Waals surface area (Å²) in [6.45, 7) is 0.371. The number of rotatable bonds is 3. The standard InChI is InChI=1S/C13H15N3O3S2/c17-12(14-7-9-5-6-21(18,19)8-9)16-13-15-10-3-1-2-4-11(10)20-13/h1-4,9H,5-8H2,(H2,14,15,16,17)/t9-/m0/s1. The number of nitrogens with one attached hydrogen (secondary N) is 2. The molecule has 2 heterocycles. The lowest BCUT2D eigenvalue weighted by molar-refractivity contribution is 0.250. The van der Waals surface area contributed by atoms with Crippen LogP contribution in [0.3, 0.4) is 0 Å². The van der Waals surface area contributed by atoms with Crippen molar-refractivity contribution in [1.82, 2.24) is 10.3 Å². The average Bonchev–Trinajstić information content (AvgIpc) is 2.98. The molecule has 0 radical (unpaired) electrons. The van der Waals surface area contributed by atoms with E-state index in [1.54, 1.807) is 0 Å². The lowest BCUT2D eigenvalue weighted by Gasteiger charge is -2.09. The summed E-state index contributed by atoms with van der Waals surface area (Å²) in [4.78, 5) is 16.1. The Bertz CT molecular complexity index is 737. The van der Waals surface area contributed by atoms with Crippen LogP contribution in [0, 0.1) is 5.92 Å². The van der Waals surface area contributed by atoms with Gasteiger partial charge in [-0.2, -0.15) is 0 Å². The van der Waals surface area contributed by atoms with Crippen molar-refractivity contribution in [3.8, 4) is 0 Å². The Morgan fingerprint density at radius 3 is 2.90 bits per heavy atom. The number of amides is 2. The maximum atomic E-state index is 11.8. The van der Waals surface area contributed by atoms with Gasteiger partial charge in [0, 0.05) is 6.54 Å². The van der Waals surface area contributed by atoms with Crippen molar-refractivity contribution in [2.24, 2.45) is 5.92 Å². The third-order valence-electron chi connectivity index (χ3n) is 3.39. The third kappa shape index (κ3) is 3.51. The molecule has 21 heavy (non-hydrogen) atoms. The fourth-order valence-electron chi connectivity index (χ4n) is 2.34. The second kappa shape index (κ2) is 5.61. The Balaban J connectivity index is 1.54. The summed E-state index contributed by atoms with van der Waals surface area (Å²) in [5, 5.41) is 5.93. The summed E-state index contributed by atoms with van der Waals surface area (Å²) in [6, 6.07) is 7.30. The topological polar surface area (TPSA) is 88.2 Å². The van der Waals surface area contributed by atoms with E-state index < -0.39 is 9.84 Å². The summed E-state index contributed by atoms with van der Waals surface area (Å²) in [7, 11) is -2.90. The predicted octanol–water partition coefficient (Wildman–Crippen LogP) is 1.85. The van der Waals surface area contributed by atoms with Crippen LogP contribution < -0.4 is 10.6 Å². The van der Waals surface area contributed by atoms with Gasteiger partial charge in [-0.25, -0.2) is 18.2 Å². The van der Waals surface area contributed by atoms with Gasteiger partial charge >= 0.3 is 6.03 Å². The highest BCUT2D eigenvalue weighted by Gasteiger charge is 2.27. The summed E-state index contributed by atoms with van der Waals surface area (Å²) in [5.74, 6) is 0.392. The summed E-state index contributed by atoms with van der Waals surface area (Å²) in [5.41, 5.74) is 0.847. The molecule has 1 aliphatic heterocycles. The van der Waals surface area contributed by atoms with Gasteiger partial charge < -0.3 is 5.32 Å². The monoisotopic (exact) mass is 325 g/mol. The lowest BCUT2D eigenvalue weighted by Crippen LogP contribution is -2.33. The van der Waals surface area contributed by atoms with Crippen LogP contribution in [0.4, 0.5) is 9.93 Å². The summed E-state index contributed by atoms with van der Waals surface area (Å²) in [6.07, 6.45) is 0.615. The molecule has 0 aliphatic carbocycles. The van der Waals surface area contributed by atoms with E-state index in [1.807, 2.05) is 24.3 Å². The molecule has 0 saturated carbocycles. The van der Waals surface area contributed by atoms with Crippen LogP contribution in [-0.4, -0.2) is 37.5 Å². The number of benzene rings is 1. The predicted molar refractivity (Wildman–Crippen MR) is 83.4 cm³/mol. The molecule has 1 aromatic carbocycles. The van der Waals surface area contributed by atoms with Crippen LogP contribution in [0.5, 0.6) is 0 Å². The van der Waals surface area contributed by atoms with E-state index in [9.17, 15) is 13.2 Å². The molecule has 0 spiro atoms. The number of thiazole rings is 1. The maximum Gasteiger partial charge on any atom is 0.321 e. The quantitative estimate of drug-likeness (QED) is 0.901. The number of anilines is 1. The number of fused-ring (bicyclic) bond motifs is 1. The minimum absolute atomic E-state index is 0.0103. The highest BCUT2D eigenvalue weighted by molar-refractivity contribution is 7.91.